The van der Waals surface area contributed by atoms with Gasteiger partial charge in [-0.05, 0) is 12.8 Å². The zero-order valence-electron chi connectivity index (χ0n) is 6.93. The van der Waals surface area contributed by atoms with E-state index in [1.807, 2.05) is 6.92 Å². The summed E-state index contributed by atoms with van der Waals surface area (Å²) in [6, 6.07) is 0. The van der Waals surface area contributed by atoms with Crippen molar-refractivity contribution in [2.45, 2.75) is 39.0 Å². The summed E-state index contributed by atoms with van der Waals surface area (Å²) in [5.74, 6) is -0.0246. The lowest BCUT2D eigenvalue weighted by Gasteiger charge is -1.95. The Hall–Kier alpha value is -0.860. The molecule has 0 aliphatic rings. The van der Waals surface area contributed by atoms with E-state index in [2.05, 4.69) is 0 Å². The van der Waals surface area contributed by atoms with Crippen LogP contribution in [0.4, 0.5) is 0 Å². The number of rotatable bonds is 6. The van der Waals surface area contributed by atoms with Gasteiger partial charge in [0.05, 0.1) is 0 Å². The van der Waals surface area contributed by atoms with Crippen molar-refractivity contribution in [1.29, 1.82) is 0 Å². The molecule has 0 atom stereocenters. The lowest BCUT2D eigenvalue weighted by Crippen LogP contribution is -2.09. The minimum absolute atomic E-state index is 0.259. The molecule has 0 saturated heterocycles. The van der Waals surface area contributed by atoms with Crippen molar-refractivity contribution >= 4 is 11.7 Å². The van der Waals surface area contributed by atoms with Gasteiger partial charge in [-0.15, -0.1) is 0 Å². The van der Waals surface area contributed by atoms with Crippen LogP contribution in [0.1, 0.15) is 39.0 Å². The van der Waals surface area contributed by atoms with Crippen molar-refractivity contribution in [2.75, 3.05) is 0 Å². The number of amides is 1. The summed E-state index contributed by atoms with van der Waals surface area (Å²) < 4.78 is 0. The standard InChI is InChI=1S/C8H15NO2/c1-2-7(10)5-3-4-6-8(9)11/h2-6H2,1H3,(H2,9,11). The van der Waals surface area contributed by atoms with Gasteiger partial charge in [-0.3, -0.25) is 9.59 Å². The van der Waals surface area contributed by atoms with Crippen molar-refractivity contribution in [3.8, 4) is 0 Å². The van der Waals surface area contributed by atoms with Gasteiger partial charge in [0.15, 0.2) is 0 Å². The molecule has 0 aliphatic heterocycles. The predicted molar refractivity (Wildman–Crippen MR) is 43.0 cm³/mol. The summed E-state index contributed by atoms with van der Waals surface area (Å²) in [5, 5.41) is 0. The van der Waals surface area contributed by atoms with Crippen LogP contribution < -0.4 is 5.73 Å². The zero-order chi connectivity index (χ0) is 8.69. The molecule has 3 heteroatoms. The molecule has 11 heavy (non-hydrogen) atoms. The van der Waals surface area contributed by atoms with Crippen LogP contribution in [0, 0.1) is 0 Å². The van der Waals surface area contributed by atoms with E-state index in [-0.39, 0.29) is 11.7 Å². The maximum absolute atomic E-state index is 10.7. The molecule has 0 bridgehead atoms. The van der Waals surface area contributed by atoms with E-state index >= 15 is 0 Å². The fraction of sp³-hybridized carbons (Fsp3) is 0.750. The molecular weight excluding hydrogens is 142 g/mol. The van der Waals surface area contributed by atoms with Gasteiger partial charge in [0.1, 0.15) is 5.78 Å². The smallest absolute Gasteiger partial charge is 0.217 e. The van der Waals surface area contributed by atoms with E-state index < -0.39 is 0 Å². The average Bonchev–Trinajstić information content (AvgIpc) is 1.97. The highest BCUT2D eigenvalue weighted by Gasteiger charge is 1.98. The minimum atomic E-state index is -0.283. The molecule has 0 heterocycles. The lowest BCUT2D eigenvalue weighted by atomic mass is 10.1. The fourth-order valence-corrected chi connectivity index (χ4v) is 0.798. The maximum Gasteiger partial charge on any atom is 0.217 e. The first-order chi connectivity index (χ1) is 5.16. The summed E-state index contributed by atoms with van der Waals surface area (Å²) in [5.41, 5.74) is 4.92. The average molecular weight is 157 g/mol. The van der Waals surface area contributed by atoms with E-state index in [0.717, 1.165) is 12.8 Å². The molecule has 0 spiro atoms. The first kappa shape index (κ1) is 10.1. The number of ketones is 1. The number of unbranched alkanes of at least 4 members (excludes halogenated alkanes) is 1. The van der Waals surface area contributed by atoms with E-state index in [1.54, 1.807) is 0 Å². The van der Waals surface area contributed by atoms with Crippen LogP contribution in [-0.4, -0.2) is 11.7 Å². The Kier molecular flexibility index (Phi) is 5.43. The summed E-state index contributed by atoms with van der Waals surface area (Å²) in [6.45, 7) is 1.84. The number of carbonyl (C=O) groups excluding carboxylic acids is 2. The molecule has 3 nitrogen and oxygen atoms in total. The third-order valence-electron chi connectivity index (χ3n) is 1.52. The van der Waals surface area contributed by atoms with Crippen LogP contribution in [0.15, 0.2) is 0 Å². The molecule has 0 aromatic carbocycles. The normalized spacial score (nSPS) is 9.55. The maximum atomic E-state index is 10.7. The molecule has 0 rings (SSSR count). The van der Waals surface area contributed by atoms with Crippen LogP contribution in [0.5, 0.6) is 0 Å². The first-order valence-electron chi connectivity index (χ1n) is 3.96. The lowest BCUT2D eigenvalue weighted by molar-refractivity contribution is -0.120. The van der Waals surface area contributed by atoms with Crippen LogP contribution >= 0.6 is 0 Å². The Labute approximate surface area is 67.0 Å². The molecule has 0 aromatic heterocycles. The Bertz CT molecular complexity index is 143. The summed E-state index contributed by atoms with van der Waals surface area (Å²) in [7, 11) is 0. The van der Waals surface area contributed by atoms with Crippen LogP contribution in [0.2, 0.25) is 0 Å². The SMILES string of the molecule is CCC(=O)CCCCC(N)=O. The molecule has 0 fully saturated rings. The molecular formula is C8H15NO2. The van der Waals surface area contributed by atoms with Crippen LogP contribution in [0.25, 0.3) is 0 Å². The second-order valence-electron chi connectivity index (χ2n) is 2.57. The zero-order valence-corrected chi connectivity index (χ0v) is 6.93. The molecule has 0 aliphatic carbocycles. The molecule has 64 valence electrons. The van der Waals surface area contributed by atoms with Crippen LogP contribution in [-0.2, 0) is 9.59 Å². The molecule has 0 aromatic rings. The monoisotopic (exact) mass is 157 g/mol. The van der Waals surface area contributed by atoms with E-state index in [1.165, 1.54) is 0 Å². The topological polar surface area (TPSA) is 60.2 Å². The summed E-state index contributed by atoms with van der Waals surface area (Å²) in [4.78, 5) is 21.0. The van der Waals surface area contributed by atoms with Crippen molar-refractivity contribution in [3.63, 3.8) is 0 Å². The second kappa shape index (κ2) is 5.89. The number of hydrogen-bond donors (Lipinski definition) is 1. The number of hydrogen-bond acceptors (Lipinski definition) is 2. The van der Waals surface area contributed by atoms with Gasteiger partial charge in [-0.25, -0.2) is 0 Å². The Balaban J connectivity index is 3.14. The van der Waals surface area contributed by atoms with Gasteiger partial charge in [-0.1, -0.05) is 6.92 Å². The minimum Gasteiger partial charge on any atom is -0.370 e. The number of Topliss-reactive ketones (excluding diaryl/α,β-unsaturated/α-hetero) is 1. The number of nitrogens with two attached hydrogens (primary N) is 1. The van der Waals surface area contributed by atoms with Gasteiger partial charge in [0.2, 0.25) is 5.91 Å². The summed E-state index contributed by atoms with van der Waals surface area (Å²) in [6.07, 6.45) is 3.11. The van der Waals surface area contributed by atoms with Crippen LogP contribution in [0.3, 0.4) is 0 Å². The molecule has 1 amide bonds. The highest BCUT2D eigenvalue weighted by atomic mass is 16.1. The predicted octanol–water partition coefficient (Wildman–Crippen LogP) is 1.01. The second-order valence-corrected chi connectivity index (χ2v) is 2.57. The third kappa shape index (κ3) is 7.03. The van der Waals surface area contributed by atoms with Crippen molar-refractivity contribution in [1.82, 2.24) is 0 Å². The quantitative estimate of drug-likeness (QED) is 0.585. The fourth-order valence-electron chi connectivity index (χ4n) is 0.798. The third-order valence-corrected chi connectivity index (χ3v) is 1.52. The number of carbonyl (C=O) groups is 2. The van der Waals surface area contributed by atoms with Gasteiger partial charge >= 0.3 is 0 Å². The Morgan fingerprint density at radius 2 is 1.73 bits per heavy atom. The van der Waals surface area contributed by atoms with E-state index in [0.29, 0.717) is 19.3 Å². The van der Waals surface area contributed by atoms with Gasteiger partial charge < -0.3 is 5.73 Å². The largest absolute Gasteiger partial charge is 0.370 e. The highest BCUT2D eigenvalue weighted by molar-refractivity contribution is 5.78. The highest BCUT2D eigenvalue weighted by Crippen LogP contribution is 2.01. The van der Waals surface area contributed by atoms with Gasteiger partial charge in [-0.2, -0.15) is 0 Å². The summed E-state index contributed by atoms with van der Waals surface area (Å²) >= 11 is 0. The van der Waals surface area contributed by atoms with Crippen molar-refractivity contribution < 1.29 is 9.59 Å². The molecule has 0 unspecified atom stereocenters. The van der Waals surface area contributed by atoms with Crippen molar-refractivity contribution in [3.05, 3.63) is 0 Å². The first-order valence-corrected chi connectivity index (χ1v) is 3.96. The van der Waals surface area contributed by atoms with E-state index in [9.17, 15) is 9.59 Å². The van der Waals surface area contributed by atoms with Gasteiger partial charge in [0.25, 0.3) is 0 Å². The van der Waals surface area contributed by atoms with E-state index in [4.69, 9.17) is 5.73 Å². The van der Waals surface area contributed by atoms with Gasteiger partial charge in [0, 0.05) is 19.3 Å². The molecule has 0 saturated carbocycles. The number of primary amides is 1. The Morgan fingerprint density at radius 3 is 2.18 bits per heavy atom. The Morgan fingerprint density at radius 1 is 1.18 bits per heavy atom. The van der Waals surface area contributed by atoms with Crippen molar-refractivity contribution in [2.24, 2.45) is 5.73 Å². The molecule has 2 N–H and O–H groups in total. The molecule has 0 radical (unpaired) electrons.